The summed E-state index contributed by atoms with van der Waals surface area (Å²) in [5.41, 5.74) is -1.15. The Labute approximate surface area is 179 Å². The maximum Gasteiger partial charge on any atom is 0.310 e. The van der Waals surface area contributed by atoms with Crippen molar-refractivity contribution in [2.24, 2.45) is 11.8 Å². The average molecular weight is 473 g/mol. The molecule has 162 valence electrons. The fourth-order valence-corrected chi connectivity index (χ4v) is 6.12. The van der Waals surface area contributed by atoms with Crippen LogP contribution < -0.4 is 0 Å². The van der Waals surface area contributed by atoms with Gasteiger partial charge in [0.1, 0.15) is 11.6 Å². The standard InChI is InChI=1S/C20H29BrN2O6/c1-4-7-22(11(2)3)18(26)16-20-10-12(21)15(29-20)13(19(27)28)14(20)17(25)23(16)8-5-6-9-24/h4,11-16,24H,1,5-10H2,2-3H3,(H,27,28)/t12?,13-,14+,15-,16?,20?/m1/s1. The van der Waals surface area contributed by atoms with Crippen molar-refractivity contribution in [3.8, 4) is 0 Å². The lowest BCUT2D eigenvalue weighted by Crippen LogP contribution is -2.58. The molecule has 1 spiro atoms. The zero-order chi connectivity index (χ0) is 21.5. The number of fused-ring (bicyclic) bond motifs is 1. The van der Waals surface area contributed by atoms with Crippen LogP contribution in [0.5, 0.6) is 0 Å². The fourth-order valence-electron chi connectivity index (χ4n) is 5.18. The molecule has 0 aromatic heterocycles. The Bertz CT molecular complexity index is 700. The summed E-state index contributed by atoms with van der Waals surface area (Å²) in [6, 6.07) is -0.991. The number of unbranched alkanes of at least 4 members (excludes halogenated alkanes) is 1. The number of likely N-dealkylation sites (tertiary alicyclic amines) is 1. The molecule has 3 fully saturated rings. The first-order valence-corrected chi connectivity index (χ1v) is 11.0. The molecule has 6 atom stereocenters. The Kier molecular flexibility index (Phi) is 6.41. The topological polar surface area (TPSA) is 107 Å². The average Bonchev–Trinajstić information content (AvgIpc) is 3.23. The van der Waals surface area contributed by atoms with Gasteiger partial charge in [-0.2, -0.15) is 0 Å². The molecule has 9 heteroatoms. The van der Waals surface area contributed by atoms with E-state index < -0.39 is 35.6 Å². The van der Waals surface area contributed by atoms with E-state index in [4.69, 9.17) is 9.84 Å². The van der Waals surface area contributed by atoms with Gasteiger partial charge in [0.05, 0.1) is 17.9 Å². The van der Waals surface area contributed by atoms with Gasteiger partial charge < -0.3 is 24.7 Å². The second-order valence-corrected chi connectivity index (χ2v) is 9.51. The molecule has 29 heavy (non-hydrogen) atoms. The summed E-state index contributed by atoms with van der Waals surface area (Å²) in [6.07, 6.45) is 2.43. The Balaban J connectivity index is 2.04. The van der Waals surface area contributed by atoms with Crippen LogP contribution in [0.3, 0.4) is 0 Å². The molecule has 3 aliphatic heterocycles. The maximum atomic E-state index is 13.7. The molecule has 3 aliphatic rings. The Hall–Kier alpha value is -1.45. The first-order valence-electron chi connectivity index (χ1n) is 10.1. The van der Waals surface area contributed by atoms with Crippen LogP contribution in [0, 0.1) is 11.8 Å². The molecule has 2 N–H and O–H groups in total. The maximum absolute atomic E-state index is 13.7. The van der Waals surface area contributed by atoms with E-state index in [1.54, 1.807) is 11.0 Å². The minimum absolute atomic E-state index is 0.0103. The van der Waals surface area contributed by atoms with Crippen molar-refractivity contribution in [1.29, 1.82) is 0 Å². The van der Waals surface area contributed by atoms with Gasteiger partial charge in [-0.3, -0.25) is 14.4 Å². The molecule has 2 bridgehead atoms. The van der Waals surface area contributed by atoms with Gasteiger partial charge in [0.15, 0.2) is 0 Å². The summed E-state index contributed by atoms with van der Waals surface area (Å²) >= 11 is 3.52. The first-order chi connectivity index (χ1) is 13.7. The summed E-state index contributed by atoms with van der Waals surface area (Å²) < 4.78 is 6.21. The van der Waals surface area contributed by atoms with Gasteiger partial charge in [0, 0.05) is 30.6 Å². The molecule has 3 rings (SSSR count). The molecule has 8 nitrogen and oxygen atoms in total. The minimum atomic E-state index is -1.15. The van der Waals surface area contributed by atoms with E-state index in [9.17, 15) is 19.5 Å². The van der Waals surface area contributed by atoms with Crippen LogP contribution in [0.4, 0.5) is 0 Å². The Morgan fingerprint density at radius 3 is 2.69 bits per heavy atom. The SMILES string of the molecule is C=CCN(C(=O)C1N(CCCCO)C(=O)[C@@H]2[C@@H](C(=O)O)[C@@H]3OC12CC3Br)C(C)C. The van der Waals surface area contributed by atoms with Crippen LogP contribution >= 0.6 is 15.9 Å². The molecule has 0 aliphatic carbocycles. The van der Waals surface area contributed by atoms with Crippen LogP contribution in [-0.4, -0.2) is 86.1 Å². The number of carbonyl (C=O) groups is 3. The monoisotopic (exact) mass is 472 g/mol. The van der Waals surface area contributed by atoms with Crippen LogP contribution in [0.1, 0.15) is 33.1 Å². The molecule has 0 radical (unpaired) electrons. The summed E-state index contributed by atoms with van der Waals surface area (Å²) in [5.74, 6) is -3.51. The Morgan fingerprint density at radius 2 is 2.14 bits per heavy atom. The number of hydrogen-bond donors (Lipinski definition) is 2. The highest BCUT2D eigenvalue weighted by molar-refractivity contribution is 9.09. The van der Waals surface area contributed by atoms with Crippen molar-refractivity contribution < 1.29 is 29.3 Å². The van der Waals surface area contributed by atoms with Gasteiger partial charge in [-0.1, -0.05) is 22.0 Å². The number of carbonyl (C=O) groups excluding carboxylic acids is 2. The number of alkyl halides is 1. The van der Waals surface area contributed by atoms with Gasteiger partial charge in [-0.15, -0.1) is 6.58 Å². The molecule has 0 aromatic rings. The lowest BCUT2D eigenvalue weighted by molar-refractivity contribution is -0.151. The van der Waals surface area contributed by atoms with Gasteiger partial charge in [0.2, 0.25) is 11.8 Å². The number of aliphatic hydroxyl groups excluding tert-OH is 1. The number of amides is 2. The molecule has 3 saturated heterocycles. The molecular weight excluding hydrogens is 444 g/mol. The molecule has 0 aromatic carbocycles. The van der Waals surface area contributed by atoms with Gasteiger partial charge in [0.25, 0.3) is 0 Å². The highest BCUT2D eigenvalue weighted by Crippen LogP contribution is 2.60. The fraction of sp³-hybridized carbons (Fsp3) is 0.750. The summed E-state index contributed by atoms with van der Waals surface area (Å²) in [7, 11) is 0. The lowest BCUT2D eigenvalue weighted by atomic mass is 9.70. The third-order valence-corrected chi connectivity index (χ3v) is 7.19. The zero-order valence-corrected chi connectivity index (χ0v) is 18.4. The summed E-state index contributed by atoms with van der Waals surface area (Å²) in [5, 5.41) is 18.9. The molecule has 3 unspecified atom stereocenters. The van der Waals surface area contributed by atoms with E-state index in [2.05, 4.69) is 22.5 Å². The lowest BCUT2D eigenvalue weighted by Gasteiger charge is -2.38. The van der Waals surface area contributed by atoms with Crippen molar-refractivity contribution in [1.82, 2.24) is 9.80 Å². The number of carboxylic acids is 1. The summed E-state index contributed by atoms with van der Waals surface area (Å²) in [4.78, 5) is 41.9. The number of aliphatic carboxylic acids is 1. The number of aliphatic hydroxyl groups is 1. The van der Waals surface area contributed by atoms with Crippen LogP contribution in [0.25, 0.3) is 0 Å². The molecule has 0 saturated carbocycles. The predicted molar refractivity (Wildman–Crippen MR) is 108 cm³/mol. The zero-order valence-electron chi connectivity index (χ0n) is 16.8. The number of halogens is 1. The van der Waals surface area contributed by atoms with E-state index in [-0.39, 0.29) is 35.8 Å². The molecular formula is C20H29BrN2O6. The highest BCUT2D eigenvalue weighted by Gasteiger charge is 2.76. The van der Waals surface area contributed by atoms with Gasteiger partial charge in [-0.25, -0.2) is 0 Å². The van der Waals surface area contributed by atoms with Crippen molar-refractivity contribution in [3.63, 3.8) is 0 Å². The quantitative estimate of drug-likeness (QED) is 0.294. The van der Waals surface area contributed by atoms with Crippen LogP contribution in [0.15, 0.2) is 12.7 Å². The third-order valence-electron chi connectivity index (χ3n) is 6.35. The van der Waals surface area contributed by atoms with Gasteiger partial charge >= 0.3 is 5.97 Å². The van der Waals surface area contributed by atoms with Crippen molar-refractivity contribution in [2.75, 3.05) is 19.7 Å². The van der Waals surface area contributed by atoms with Gasteiger partial charge in [-0.05, 0) is 33.1 Å². The predicted octanol–water partition coefficient (Wildman–Crippen LogP) is 1.01. The van der Waals surface area contributed by atoms with E-state index in [0.29, 0.717) is 25.8 Å². The highest BCUT2D eigenvalue weighted by atomic mass is 79.9. The minimum Gasteiger partial charge on any atom is -0.481 e. The van der Waals surface area contributed by atoms with Crippen LogP contribution in [-0.2, 0) is 19.1 Å². The van der Waals surface area contributed by atoms with Crippen molar-refractivity contribution in [2.45, 2.75) is 61.7 Å². The smallest absolute Gasteiger partial charge is 0.310 e. The van der Waals surface area contributed by atoms with Crippen LogP contribution in [0.2, 0.25) is 0 Å². The number of carboxylic acid groups (broad SMARTS) is 1. The molecule has 3 heterocycles. The number of hydrogen-bond acceptors (Lipinski definition) is 5. The largest absolute Gasteiger partial charge is 0.481 e. The number of nitrogens with zero attached hydrogens (tertiary/aromatic N) is 2. The normalized spacial score (nSPS) is 35.3. The molecule has 2 amide bonds. The first kappa shape index (κ1) is 22.2. The number of rotatable bonds is 9. The van der Waals surface area contributed by atoms with E-state index in [1.807, 2.05) is 13.8 Å². The van der Waals surface area contributed by atoms with Crippen molar-refractivity contribution >= 4 is 33.7 Å². The second kappa shape index (κ2) is 8.35. The second-order valence-electron chi connectivity index (χ2n) is 8.34. The Morgan fingerprint density at radius 1 is 1.45 bits per heavy atom. The third kappa shape index (κ3) is 3.41. The van der Waals surface area contributed by atoms with E-state index >= 15 is 0 Å². The van der Waals surface area contributed by atoms with E-state index in [1.165, 1.54) is 4.90 Å². The van der Waals surface area contributed by atoms with Crippen molar-refractivity contribution in [3.05, 3.63) is 12.7 Å². The number of ether oxygens (including phenoxy) is 1. The summed E-state index contributed by atoms with van der Waals surface area (Å²) in [6.45, 7) is 8.11. The van der Waals surface area contributed by atoms with E-state index in [0.717, 1.165) is 0 Å².